The van der Waals surface area contributed by atoms with Crippen molar-refractivity contribution in [2.24, 2.45) is 0 Å². The number of anilines is 1. The summed E-state index contributed by atoms with van der Waals surface area (Å²) in [7, 11) is 0. The van der Waals surface area contributed by atoms with E-state index < -0.39 is 11.9 Å². The second-order valence-electron chi connectivity index (χ2n) is 6.76. The average Bonchev–Trinajstić information content (AvgIpc) is 3.16. The highest BCUT2D eigenvalue weighted by molar-refractivity contribution is 5.85. The maximum absolute atomic E-state index is 12.9. The molecule has 0 aliphatic carbocycles. The van der Waals surface area contributed by atoms with Gasteiger partial charge in [-0.05, 0) is 42.0 Å². The normalized spacial score (nSPS) is 16.6. The highest BCUT2D eigenvalue weighted by Crippen LogP contribution is 2.30. The topological polar surface area (TPSA) is 54.5 Å². The fourth-order valence-electron chi connectivity index (χ4n) is 3.05. The summed E-state index contributed by atoms with van der Waals surface area (Å²) >= 11 is 0. The van der Waals surface area contributed by atoms with Crippen LogP contribution in [-0.2, 0) is 11.0 Å². The number of carbonyl (C=O) groups is 1. The Bertz CT molecular complexity index is 881. The maximum Gasteiger partial charge on any atom is 0.433 e. The first-order valence-electron chi connectivity index (χ1n) is 9.31. The number of nitrogens with one attached hydrogen (secondary N) is 1. The lowest BCUT2D eigenvalue weighted by Gasteiger charge is -2.19. The van der Waals surface area contributed by atoms with E-state index in [2.05, 4.69) is 16.9 Å². The van der Waals surface area contributed by atoms with Crippen molar-refractivity contribution >= 4 is 17.4 Å². The molecule has 1 unspecified atom stereocenters. The molecule has 1 atom stereocenters. The van der Waals surface area contributed by atoms with Crippen molar-refractivity contribution in [3.8, 4) is 5.75 Å². The molecule has 1 aromatic carbocycles. The van der Waals surface area contributed by atoms with Crippen molar-refractivity contribution in [3.63, 3.8) is 0 Å². The Morgan fingerprint density at radius 3 is 2.66 bits per heavy atom. The molecule has 3 rings (SSSR count). The summed E-state index contributed by atoms with van der Waals surface area (Å²) in [6.07, 6.45) is -3.56. The Kier molecular flexibility index (Phi) is 6.10. The van der Waals surface area contributed by atoms with E-state index in [1.165, 1.54) is 6.07 Å². The molecule has 29 heavy (non-hydrogen) atoms. The van der Waals surface area contributed by atoms with Crippen LogP contribution in [0.3, 0.4) is 0 Å². The SMILES string of the molecule is C=C(NC(=O)CC)c1ccc(OC2CCN(c3cccc(C(F)(F)F)n3)C2)cc1. The van der Waals surface area contributed by atoms with Crippen LogP contribution in [0.4, 0.5) is 19.0 Å². The van der Waals surface area contributed by atoms with Crippen molar-refractivity contribution in [1.29, 1.82) is 0 Å². The van der Waals surface area contributed by atoms with Crippen LogP contribution in [-0.4, -0.2) is 30.1 Å². The first kappa shape index (κ1) is 20.7. The molecule has 8 heteroatoms. The van der Waals surface area contributed by atoms with Gasteiger partial charge in [0.05, 0.1) is 6.54 Å². The zero-order valence-corrected chi connectivity index (χ0v) is 16.0. The van der Waals surface area contributed by atoms with Gasteiger partial charge in [0.2, 0.25) is 5.91 Å². The predicted octanol–water partition coefficient (Wildman–Crippen LogP) is 4.26. The minimum atomic E-state index is -4.46. The van der Waals surface area contributed by atoms with E-state index in [1.54, 1.807) is 42.2 Å². The van der Waals surface area contributed by atoms with Gasteiger partial charge in [-0.1, -0.05) is 19.6 Å². The van der Waals surface area contributed by atoms with Crippen LogP contribution in [0.15, 0.2) is 49.0 Å². The zero-order valence-electron chi connectivity index (χ0n) is 16.0. The van der Waals surface area contributed by atoms with Gasteiger partial charge in [-0.25, -0.2) is 4.98 Å². The van der Waals surface area contributed by atoms with E-state index in [0.29, 0.717) is 43.2 Å². The van der Waals surface area contributed by atoms with Gasteiger partial charge in [-0.2, -0.15) is 13.2 Å². The molecule has 1 fully saturated rings. The summed E-state index contributed by atoms with van der Waals surface area (Å²) in [5.41, 5.74) is 0.400. The number of alkyl halides is 3. The van der Waals surface area contributed by atoms with Crippen molar-refractivity contribution < 1.29 is 22.7 Å². The molecular weight excluding hydrogens is 383 g/mol. The quantitative estimate of drug-likeness (QED) is 0.781. The van der Waals surface area contributed by atoms with E-state index in [0.717, 1.165) is 11.6 Å². The highest BCUT2D eigenvalue weighted by atomic mass is 19.4. The molecule has 0 bridgehead atoms. The van der Waals surface area contributed by atoms with Crippen LogP contribution >= 0.6 is 0 Å². The Morgan fingerprint density at radius 1 is 1.28 bits per heavy atom. The molecule has 1 saturated heterocycles. The summed E-state index contributed by atoms with van der Waals surface area (Å²) in [4.78, 5) is 17.0. The first-order chi connectivity index (χ1) is 13.8. The number of amides is 1. The Balaban J connectivity index is 1.59. The summed E-state index contributed by atoms with van der Waals surface area (Å²) in [6, 6.07) is 11.1. The summed E-state index contributed by atoms with van der Waals surface area (Å²) in [5, 5.41) is 2.71. The van der Waals surface area contributed by atoms with Gasteiger partial charge < -0.3 is 15.0 Å². The van der Waals surface area contributed by atoms with Gasteiger partial charge in [-0.15, -0.1) is 0 Å². The van der Waals surface area contributed by atoms with Crippen molar-refractivity contribution in [2.75, 3.05) is 18.0 Å². The average molecular weight is 405 g/mol. The fraction of sp³-hybridized carbons (Fsp3) is 0.333. The number of hydrogen-bond donors (Lipinski definition) is 1. The number of aromatic nitrogens is 1. The first-order valence-corrected chi connectivity index (χ1v) is 9.31. The largest absolute Gasteiger partial charge is 0.489 e. The monoisotopic (exact) mass is 405 g/mol. The molecule has 1 N–H and O–H groups in total. The summed E-state index contributed by atoms with van der Waals surface area (Å²) in [6.45, 7) is 6.63. The Morgan fingerprint density at radius 2 is 2.00 bits per heavy atom. The minimum absolute atomic E-state index is 0.107. The fourth-order valence-corrected chi connectivity index (χ4v) is 3.05. The lowest BCUT2D eigenvalue weighted by atomic mass is 10.1. The molecule has 0 saturated carbocycles. The van der Waals surface area contributed by atoms with Gasteiger partial charge in [0.25, 0.3) is 0 Å². The van der Waals surface area contributed by atoms with Crippen molar-refractivity contribution in [2.45, 2.75) is 32.0 Å². The molecule has 2 aromatic rings. The second-order valence-corrected chi connectivity index (χ2v) is 6.76. The van der Waals surface area contributed by atoms with E-state index in [-0.39, 0.29) is 12.0 Å². The molecule has 5 nitrogen and oxygen atoms in total. The third-order valence-electron chi connectivity index (χ3n) is 4.61. The minimum Gasteiger partial charge on any atom is -0.489 e. The number of benzene rings is 1. The van der Waals surface area contributed by atoms with Crippen LogP contribution in [0.5, 0.6) is 5.75 Å². The van der Waals surface area contributed by atoms with Crippen LogP contribution in [0.2, 0.25) is 0 Å². The molecule has 1 aliphatic heterocycles. The lowest BCUT2D eigenvalue weighted by molar-refractivity contribution is -0.141. The van der Waals surface area contributed by atoms with E-state index in [4.69, 9.17) is 4.74 Å². The molecule has 1 amide bonds. The molecule has 1 aromatic heterocycles. The molecule has 154 valence electrons. The number of rotatable bonds is 6. The molecule has 1 aliphatic rings. The van der Waals surface area contributed by atoms with Crippen molar-refractivity contribution in [3.05, 3.63) is 60.3 Å². The van der Waals surface area contributed by atoms with Crippen LogP contribution in [0.25, 0.3) is 5.70 Å². The smallest absolute Gasteiger partial charge is 0.433 e. The number of ether oxygens (including phenoxy) is 1. The number of carbonyl (C=O) groups excluding carboxylic acids is 1. The van der Waals surface area contributed by atoms with Crippen LogP contribution in [0, 0.1) is 0 Å². The van der Waals surface area contributed by atoms with Crippen LogP contribution in [0.1, 0.15) is 31.0 Å². The van der Waals surface area contributed by atoms with Gasteiger partial charge in [0.15, 0.2) is 0 Å². The number of hydrogen-bond acceptors (Lipinski definition) is 4. The van der Waals surface area contributed by atoms with E-state index in [9.17, 15) is 18.0 Å². The van der Waals surface area contributed by atoms with E-state index in [1.807, 2.05) is 0 Å². The third kappa shape index (κ3) is 5.28. The van der Waals surface area contributed by atoms with Crippen LogP contribution < -0.4 is 15.0 Å². The van der Waals surface area contributed by atoms with Gasteiger partial charge in [0.1, 0.15) is 23.4 Å². The van der Waals surface area contributed by atoms with Gasteiger partial charge in [0, 0.05) is 25.1 Å². The Hall–Kier alpha value is -3.03. The Labute approximate surface area is 167 Å². The summed E-state index contributed by atoms with van der Waals surface area (Å²) in [5.74, 6) is 0.834. The van der Waals surface area contributed by atoms with Crippen molar-refractivity contribution in [1.82, 2.24) is 10.3 Å². The van der Waals surface area contributed by atoms with E-state index >= 15 is 0 Å². The lowest BCUT2D eigenvalue weighted by Crippen LogP contribution is -2.26. The number of pyridine rings is 1. The third-order valence-corrected chi connectivity index (χ3v) is 4.61. The molecule has 2 heterocycles. The van der Waals surface area contributed by atoms with Gasteiger partial charge in [-0.3, -0.25) is 4.79 Å². The second kappa shape index (κ2) is 8.55. The number of halogens is 3. The highest BCUT2D eigenvalue weighted by Gasteiger charge is 2.33. The zero-order chi connectivity index (χ0) is 21.0. The molecular formula is C21H22F3N3O2. The number of nitrogens with zero attached hydrogens (tertiary/aromatic N) is 2. The molecule has 0 spiro atoms. The van der Waals surface area contributed by atoms with Gasteiger partial charge >= 0.3 is 6.18 Å². The maximum atomic E-state index is 12.9. The summed E-state index contributed by atoms with van der Waals surface area (Å²) < 4.78 is 44.5. The predicted molar refractivity (Wildman–Crippen MR) is 104 cm³/mol. The standard InChI is InChI=1S/C21H22F3N3O2/c1-3-20(28)25-14(2)15-7-9-16(10-8-15)29-17-11-12-27(13-17)19-6-4-5-18(26-19)21(22,23)24/h4-10,17H,2-3,11-13H2,1H3,(H,25,28). The molecule has 0 radical (unpaired) electrons.